The largest absolute Gasteiger partial charge is 0.456 e. The Morgan fingerprint density at radius 2 is 2.00 bits per heavy atom. The fourth-order valence-corrected chi connectivity index (χ4v) is 2.87. The van der Waals surface area contributed by atoms with Crippen LogP contribution < -0.4 is 0 Å². The van der Waals surface area contributed by atoms with Crippen LogP contribution in [0.5, 0.6) is 0 Å². The number of carbonyl (C=O) groups excluding carboxylic acids is 1. The molecule has 2 saturated heterocycles. The summed E-state index contributed by atoms with van der Waals surface area (Å²) < 4.78 is 22.5. The minimum atomic E-state index is -0.668. The molecule has 2 aliphatic heterocycles. The molecule has 2 heterocycles. The third kappa shape index (κ3) is 3.40. The van der Waals surface area contributed by atoms with E-state index in [0.29, 0.717) is 6.42 Å². The zero-order chi connectivity index (χ0) is 17.5. The Labute approximate surface area is 138 Å². The molecule has 130 valence electrons. The van der Waals surface area contributed by atoms with Crippen LogP contribution in [0.15, 0.2) is 24.3 Å². The Morgan fingerprint density at radius 3 is 2.58 bits per heavy atom. The number of nitro benzene ring substituents is 1. The molecule has 0 saturated carbocycles. The third-order valence-electron chi connectivity index (χ3n) is 4.04. The van der Waals surface area contributed by atoms with Crippen molar-refractivity contribution in [2.45, 2.75) is 57.6 Å². The Kier molecular flexibility index (Phi) is 4.29. The van der Waals surface area contributed by atoms with Gasteiger partial charge in [-0.05, 0) is 32.9 Å². The first-order chi connectivity index (χ1) is 11.2. The van der Waals surface area contributed by atoms with E-state index >= 15 is 0 Å². The van der Waals surface area contributed by atoms with E-state index in [2.05, 4.69) is 0 Å². The molecule has 0 N–H and O–H groups in total. The van der Waals surface area contributed by atoms with E-state index in [9.17, 15) is 14.9 Å². The summed E-state index contributed by atoms with van der Waals surface area (Å²) in [7, 11) is 0. The van der Waals surface area contributed by atoms with E-state index in [1.165, 1.54) is 24.3 Å². The molecule has 2 aliphatic rings. The van der Waals surface area contributed by atoms with E-state index in [1.807, 2.05) is 13.8 Å². The Hall–Kier alpha value is -2.03. The minimum Gasteiger partial charge on any atom is -0.456 e. The van der Waals surface area contributed by atoms with Crippen molar-refractivity contribution in [3.63, 3.8) is 0 Å². The topological polar surface area (TPSA) is 97.1 Å². The molecule has 3 rings (SSSR count). The maximum atomic E-state index is 12.1. The van der Waals surface area contributed by atoms with Crippen LogP contribution in [0.4, 0.5) is 5.69 Å². The molecule has 0 amide bonds. The van der Waals surface area contributed by atoms with Crippen LogP contribution in [-0.2, 0) is 18.9 Å². The van der Waals surface area contributed by atoms with E-state index in [0.717, 1.165) is 0 Å². The van der Waals surface area contributed by atoms with Crippen LogP contribution in [-0.4, -0.2) is 41.3 Å². The van der Waals surface area contributed by atoms with Crippen LogP contribution in [0.2, 0.25) is 0 Å². The number of rotatable bonds is 4. The third-order valence-corrected chi connectivity index (χ3v) is 4.04. The molecule has 1 aromatic rings. The highest BCUT2D eigenvalue weighted by Crippen LogP contribution is 2.38. The molecule has 24 heavy (non-hydrogen) atoms. The second-order valence-electron chi connectivity index (χ2n) is 6.37. The fourth-order valence-electron chi connectivity index (χ4n) is 2.87. The summed E-state index contributed by atoms with van der Waals surface area (Å²) in [4.78, 5) is 22.2. The normalized spacial score (nSPS) is 29.0. The molecule has 0 spiro atoms. The first-order valence-corrected chi connectivity index (χ1v) is 7.72. The Morgan fingerprint density at radius 1 is 1.33 bits per heavy atom. The van der Waals surface area contributed by atoms with Gasteiger partial charge >= 0.3 is 5.97 Å². The average molecular weight is 337 g/mol. The van der Waals surface area contributed by atoms with Gasteiger partial charge in [0, 0.05) is 18.6 Å². The number of hydrogen-bond donors (Lipinski definition) is 0. The maximum Gasteiger partial charge on any atom is 0.338 e. The molecule has 2 fully saturated rings. The monoisotopic (exact) mass is 337 g/mol. The van der Waals surface area contributed by atoms with Gasteiger partial charge in [0.1, 0.15) is 18.3 Å². The molecule has 4 atom stereocenters. The van der Waals surface area contributed by atoms with Crippen molar-refractivity contribution in [2.75, 3.05) is 0 Å². The summed E-state index contributed by atoms with van der Waals surface area (Å²) in [6, 6.07) is 5.27. The number of esters is 1. The summed E-state index contributed by atoms with van der Waals surface area (Å²) in [6.07, 6.45) is -0.870. The fraction of sp³-hybridized carbons (Fsp3) is 0.562. The van der Waals surface area contributed by atoms with Gasteiger partial charge in [-0.1, -0.05) is 0 Å². The molecule has 1 aromatic carbocycles. The minimum absolute atomic E-state index is 0.0801. The van der Waals surface area contributed by atoms with Gasteiger partial charge in [0.2, 0.25) is 0 Å². The number of nitrogens with zero attached hydrogens (tertiary/aromatic N) is 1. The molecule has 0 unspecified atom stereocenters. The molecule has 0 bridgehead atoms. The van der Waals surface area contributed by atoms with E-state index < -0.39 is 29.1 Å². The molecule has 8 heteroatoms. The highest BCUT2D eigenvalue weighted by molar-refractivity contribution is 5.89. The zero-order valence-corrected chi connectivity index (χ0v) is 13.6. The van der Waals surface area contributed by atoms with Crippen LogP contribution in [0.1, 0.15) is 37.6 Å². The smallest absolute Gasteiger partial charge is 0.338 e. The molecule has 8 nitrogen and oxygen atoms in total. The van der Waals surface area contributed by atoms with Gasteiger partial charge < -0.3 is 18.9 Å². The van der Waals surface area contributed by atoms with E-state index in [-0.39, 0.29) is 23.5 Å². The number of ether oxygens (including phenoxy) is 4. The number of fused-ring (bicyclic) bond motifs is 1. The Balaban J connectivity index is 1.56. The van der Waals surface area contributed by atoms with Crippen molar-refractivity contribution in [2.24, 2.45) is 0 Å². The number of benzene rings is 1. The Bertz CT molecular complexity index is 626. The van der Waals surface area contributed by atoms with E-state index in [4.69, 9.17) is 18.9 Å². The van der Waals surface area contributed by atoms with Crippen LogP contribution >= 0.6 is 0 Å². The molecule has 0 radical (unpaired) electrons. The van der Waals surface area contributed by atoms with Crippen molar-refractivity contribution in [1.29, 1.82) is 0 Å². The van der Waals surface area contributed by atoms with Gasteiger partial charge in [-0.25, -0.2) is 4.79 Å². The molecular formula is C16H19NO7. The first kappa shape index (κ1) is 16.8. The number of carbonyl (C=O) groups is 1. The standard InChI is InChI=1S/C16H19NO7/c1-9(12-8-13-15(22-12)24-16(2,3)23-13)21-14(18)10-4-6-11(7-5-10)17(19)20/h4-7,9,12-13,15H,8H2,1-3H3/t9-,12-,13+,15+/m0/s1. The van der Waals surface area contributed by atoms with Gasteiger partial charge in [-0.3, -0.25) is 10.1 Å². The molecule has 0 aromatic heterocycles. The number of nitro groups is 1. The quantitative estimate of drug-likeness (QED) is 0.473. The first-order valence-electron chi connectivity index (χ1n) is 7.72. The van der Waals surface area contributed by atoms with Crippen molar-refractivity contribution in [3.05, 3.63) is 39.9 Å². The summed E-state index contributed by atoms with van der Waals surface area (Å²) in [5, 5.41) is 10.6. The predicted octanol–water partition coefficient (Wildman–Crippen LogP) is 2.41. The second kappa shape index (κ2) is 6.12. The highest BCUT2D eigenvalue weighted by atomic mass is 16.8. The van der Waals surface area contributed by atoms with Gasteiger partial charge in [-0.15, -0.1) is 0 Å². The lowest BCUT2D eigenvalue weighted by atomic mass is 10.1. The van der Waals surface area contributed by atoms with Crippen molar-refractivity contribution in [1.82, 2.24) is 0 Å². The van der Waals surface area contributed by atoms with E-state index in [1.54, 1.807) is 6.92 Å². The summed E-state index contributed by atoms with van der Waals surface area (Å²) >= 11 is 0. The van der Waals surface area contributed by atoms with Crippen molar-refractivity contribution in [3.8, 4) is 0 Å². The summed E-state index contributed by atoms with van der Waals surface area (Å²) in [5.74, 6) is -1.22. The van der Waals surface area contributed by atoms with Gasteiger partial charge in [0.15, 0.2) is 12.1 Å². The van der Waals surface area contributed by atoms with Crippen LogP contribution in [0.25, 0.3) is 0 Å². The lowest BCUT2D eigenvalue weighted by Crippen LogP contribution is -2.32. The molecular weight excluding hydrogens is 318 g/mol. The summed E-state index contributed by atoms with van der Waals surface area (Å²) in [5.41, 5.74) is 0.169. The predicted molar refractivity (Wildman–Crippen MR) is 81.3 cm³/mol. The van der Waals surface area contributed by atoms with Gasteiger partial charge in [0.25, 0.3) is 5.69 Å². The number of hydrogen-bond acceptors (Lipinski definition) is 7. The van der Waals surface area contributed by atoms with Crippen LogP contribution in [0.3, 0.4) is 0 Å². The summed E-state index contributed by atoms with van der Waals surface area (Å²) in [6.45, 7) is 5.38. The van der Waals surface area contributed by atoms with Gasteiger partial charge in [0.05, 0.1) is 10.5 Å². The van der Waals surface area contributed by atoms with Crippen molar-refractivity contribution < 1.29 is 28.7 Å². The average Bonchev–Trinajstić information content (AvgIpc) is 3.00. The number of non-ortho nitro benzene ring substituents is 1. The SMILES string of the molecule is C[C@H](OC(=O)c1ccc([N+](=O)[O-])cc1)[C@@H]1C[C@H]2OC(C)(C)O[C@H]2O1. The highest BCUT2D eigenvalue weighted by Gasteiger charge is 2.50. The molecule has 0 aliphatic carbocycles. The van der Waals surface area contributed by atoms with Gasteiger partial charge in [-0.2, -0.15) is 0 Å². The van der Waals surface area contributed by atoms with Crippen molar-refractivity contribution >= 4 is 11.7 Å². The maximum absolute atomic E-state index is 12.1. The lowest BCUT2D eigenvalue weighted by molar-refractivity contribution is -0.384. The van der Waals surface area contributed by atoms with Crippen LogP contribution in [0, 0.1) is 10.1 Å². The second-order valence-corrected chi connectivity index (χ2v) is 6.37. The zero-order valence-electron chi connectivity index (χ0n) is 13.6. The lowest BCUT2D eigenvalue weighted by Gasteiger charge is -2.23.